The molecule has 1 saturated heterocycles. The van der Waals surface area contributed by atoms with Gasteiger partial charge in [-0.15, -0.1) is 0 Å². The van der Waals surface area contributed by atoms with E-state index in [1.165, 1.54) is 6.92 Å². The summed E-state index contributed by atoms with van der Waals surface area (Å²) in [6.45, 7) is 3.99. The summed E-state index contributed by atoms with van der Waals surface area (Å²) in [5.74, 6) is 1.18. The molecule has 1 aromatic carbocycles. The number of carbonyl (C=O) groups excluding carboxylic acids is 2. The second kappa shape index (κ2) is 6.20. The van der Waals surface area contributed by atoms with Gasteiger partial charge in [-0.3, -0.25) is 14.7 Å². The normalized spacial score (nSPS) is 17.3. The molecule has 2 N–H and O–H groups in total. The Labute approximate surface area is 134 Å². The molecule has 23 heavy (non-hydrogen) atoms. The zero-order valence-corrected chi connectivity index (χ0v) is 13.2. The number of carbonyl (C=O) groups is 2. The lowest BCUT2D eigenvalue weighted by Gasteiger charge is -2.22. The van der Waals surface area contributed by atoms with Crippen LogP contribution in [0.2, 0.25) is 0 Å². The quantitative estimate of drug-likeness (QED) is 0.903. The molecule has 1 atom stereocenters. The third-order valence-electron chi connectivity index (χ3n) is 3.97. The van der Waals surface area contributed by atoms with E-state index in [4.69, 9.17) is 0 Å². The van der Waals surface area contributed by atoms with Crippen LogP contribution in [0.1, 0.15) is 25.6 Å². The van der Waals surface area contributed by atoms with Gasteiger partial charge in [0.25, 0.3) is 0 Å². The molecule has 7 nitrogen and oxygen atoms in total. The van der Waals surface area contributed by atoms with Gasteiger partial charge in [-0.2, -0.15) is 5.10 Å². The highest BCUT2D eigenvalue weighted by Gasteiger charge is 2.32. The van der Waals surface area contributed by atoms with Crippen molar-refractivity contribution in [3.05, 3.63) is 30.1 Å². The largest absolute Gasteiger partial charge is 0.331 e. The third-order valence-corrected chi connectivity index (χ3v) is 3.97. The smallest absolute Gasteiger partial charge is 0.247 e. The van der Waals surface area contributed by atoms with E-state index in [0.717, 1.165) is 17.8 Å². The predicted molar refractivity (Wildman–Crippen MR) is 85.6 cm³/mol. The van der Waals surface area contributed by atoms with Gasteiger partial charge in [0.2, 0.25) is 11.8 Å². The van der Waals surface area contributed by atoms with Crippen LogP contribution >= 0.6 is 0 Å². The van der Waals surface area contributed by atoms with E-state index < -0.39 is 0 Å². The van der Waals surface area contributed by atoms with Gasteiger partial charge in [-0.05, 0) is 44.0 Å². The van der Waals surface area contributed by atoms with Gasteiger partial charge < -0.3 is 10.2 Å². The number of aromatic amines is 1. The number of nitrogens with one attached hydrogen (secondary N) is 2. The van der Waals surface area contributed by atoms with Crippen LogP contribution in [0, 0.1) is 6.92 Å². The van der Waals surface area contributed by atoms with Gasteiger partial charge in [0.1, 0.15) is 11.9 Å². The summed E-state index contributed by atoms with van der Waals surface area (Å²) in [4.78, 5) is 29.8. The Bertz CT molecular complexity index is 722. The summed E-state index contributed by atoms with van der Waals surface area (Å²) in [6.07, 6.45) is 1.57. The molecular formula is C16H19N5O2. The molecule has 1 aliphatic heterocycles. The number of nitrogens with zero attached hydrogens (tertiary/aromatic N) is 3. The van der Waals surface area contributed by atoms with Gasteiger partial charge in [0.15, 0.2) is 5.82 Å². The Balaban J connectivity index is 1.68. The average Bonchev–Trinajstić information content (AvgIpc) is 3.16. The van der Waals surface area contributed by atoms with Gasteiger partial charge in [-0.25, -0.2) is 4.98 Å². The summed E-state index contributed by atoms with van der Waals surface area (Å²) in [6, 6.07) is 6.96. The van der Waals surface area contributed by atoms with Gasteiger partial charge >= 0.3 is 0 Å². The summed E-state index contributed by atoms with van der Waals surface area (Å²) in [5.41, 5.74) is 1.57. The van der Waals surface area contributed by atoms with Crippen LogP contribution in [-0.4, -0.2) is 44.5 Å². The summed E-state index contributed by atoms with van der Waals surface area (Å²) in [7, 11) is 0. The summed E-state index contributed by atoms with van der Waals surface area (Å²) < 4.78 is 0. The highest BCUT2D eigenvalue weighted by molar-refractivity contribution is 5.97. The second-order valence-corrected chi connectivity index (χ2v) is 5.68. The maximum absolute atomic E-state index is 12.4. The molecule has 2 heterocycles. The number of aromatic nitrogens is 3. The fourth-order valence-corrected chi connectivity index (χ4v) is 2.82. The highest BCUT2D eigenvalue weighted by atomic mass is 16.2. The van der Waals surface area contributed by atoms with Crippen LogP contribution < -0.4 is 5.32 Å². The first kappa shape index (κ1) is 15.2. The van der Waals surface area contributed by atoms with Gasteiger partial charge in [0.05, 0.1) is 0 Å². The molecule has 0 spiro atoms. The van der Waals surface area contributed by atoms with Crippen LogP contribution in [0.4, 0.5) is 5.69 Å². The van der Waals surface area contributed by atoms with Crippen LogP contribution in [0.5, 0.6) is 0 Å². The molecule has 120 valence electrons. The number of hydrogen-bond acceptors (Lipinski definition) is 4. The van der Waals surface area contributed by atoms with Crippen LogP contribution in [0.15, 0.2) is 24.3 Å². The van der Waals surface area contributed by atoms with Gasteiger partial charge in [0, 0.05) is 24.7 Å². The monoisotopic (exact) mass is 313 g/mol. The molecule has 7 heteroatoms. The van der Waals surface area contributed by atoms with Crippen molar-refractivity contribution in [1.29, 1.82) is 0 Å². The number of likely N-dealkylation sites (tertiary alicyclic amines) is 1. The molecule has 2 amide bonds. The van der Waals surface area contributed by atoms with Crippen molar-refractivity contribution in [2.75, 3.05) is 11.9 Å². The van der Waals surface area contributed by atoms with E-state index in [1.54, 1.807) is 4.90 Å². The highest BCUT2D eigenvalue weighted by Crippen LogP contribution is 2.21. The molecule has 1 aromatic heterocycles. The molecule has 1 aliphatic rings. The van der Waals surface area contributed by atoms with Crippen LogP contribution in [0.3, 0.4) is 0 Å². The minimum atomic E-state index is -0.372. The standard InChI is InChI=1S/C16H19N5O2/c1-10-17-15(20-19-10)12-5-7-13(8-6-12)18-16(23)14-4-3-9-21(14)11(2)22/h5-8,14H,3-4,9H2,1-2H3,(H,18,23)(H,17,19,20). The maximum Gasteiger partial charge on any atom is 0.247 e. The minimum Gasteiger partial charge on any atom is -0.331 e. The van der Waals surface area contributed by atoms with Crippen LogP contribution in [-0.2, 0) is 9.59 Å². The number of amides is 2. The number of aryl methyl sites for hydroxylation is 1. The molecule has 0 saturated carbocycles. The topological polar surface area (TPSA) is 91.0 Å². The number of anilines is 1. The Hall–Kier alpha value is -2.70. The molecule has 1 unspecified atom stereocenters. The lowest BCUT2D eigenvalue weighted by molar-refractivity contribution is -0.134. The van der Waals surface area contributed by atoms with Crippen molar-refractivity contribution in [1.82, 2.24) is 20.1 Å². The lowest BCUT2D eigenvalue weighted by atomic mass is 10.1. The Morgan fingerprint density at radius 2 is 2.04 bits per heavy atom. The van der Waals surface area contributed by atoms with Crippen molar-refractivity contribution in [2.24, 2.45) is 0 Å². The molecule has 2 aromatic rings. The van der Waals surface area contributed by atoms with E-state index in [1.807, 2.05) is 31.2 Å². The van der Waals surface area contributed by atoms with Gasteiger partial charge in [-0.1, -0.05) is 0 Å². The summed E-state index contributed by atoms with van der Waals surface area (Å²) in [5, 5.41) is 9.77. The molecule has 0 aliphatic carbocycles. The van der Waals surface area contributed by atoms with Crippen molar-refractivity contribution < 1.29 is 9.59 Å². The molecular weight excluding hydrogens is 294 g/mol. The minimum absolute atomic E-state index is 0.0574. The first-order chi connectivity index (χ1) is 11.0. The zero-order chi connectivity index (χ0) is 16.4. The van der Waals surface area contributed by atoms with E-state index in [0.29, 0.717) is 24.5 Å². The number of H-pyrrole nitrogens is 1. The Morgan fingerprint density at radius 1 is 1.30 bits per heavy atom. The lowest BCUT2D eigenvalue weighted by Crippen LogP contribution is -2.42. The fraction of sp³-hybridized carbons (Fsp3) is 0.375. The SMILES string of the molecule is CC(=O)N1CCCC1C(=O)Nc1ccc(-c2n[nH]c(C)n2)cc1. The molecule has 3 rings (SSSR count). The van der Waals surface area contributed by atoms with Crippen molar-refractivity contribution in [2.45, 2.75) is 32.7 Å². The van der Waals surface area contributed by atoms with Crippen molar-refractivity contribution >= 4 is 17.5 Å². The molecule has 1 fully saturated rings. The molecule has 0 bridgehead atoms. The first-order valence-corrected chi connectivity index (χ1v) is 7.62. The van der Waals surface area contributed by atoms with Crippen molar-refractivity contribution in [3.8, 4) is 11.4 Å². The van der Waals surface area contributed by atoms with Crippen molar-refractivity contribution in [3.63, 3.8) is 0 Å². The Kier molecular flexibility index (Phi) is 4.10. The predicted octanol–water partition coefficient (Wildman–Crippen LogP) is 1.73. The Morgan fingerprint density at radius 3 is 2.65 bits per heavy atom. The maximum atomic E-state index is 12.4. The number of benzene rings is 1. The fourth-order valence-electron chi connectivity index (χ4n) is 2.82. The van der Waals surface area contributed by atoms with E-state index in [2.05, 4.69) is 20.5 Å². The average molecular weight is 313 g/mol. The van der Waals surface area contributed by atoms with E-state index in [9.17, 15) is 9.59 Å². The zero-order valence-electron chi connectivity index (χ0n) is 13.2. The van der Waals surface area contributed by atoms with E-state index >= 15 is 0 Å². The third kappa shape index (κ3) is 3.23. The van der Waals surface area contributed by atoms with Crippen LogP contribution in [0.25, 0.3) is 11.4 Å². The number of rotatable bonds is 3. The number of hydrogen-bond donors (Lipinski definition) is 2. The second-order valence-electron chi connectivity index (χ2n) is 5.68. The first-order valence-electron chi connectivity index (χ1n) is 7.62. The van der Waals surface area contributed by atoms with E-state index in [-0.39, 0.29) is 17.9 Å². The molecule has 0 radical (unpaired) electrons. The summed E-state index contributed by atoms with van der Waals surface area (Å²) >= 11 is 0.